The van der Waals surface area contributed by atoms with Crippen LogP contribution >= 0.6 is 0 Å². The zero-order chi connectivity index (χ0) is 14.8. The van der Waals surface area contributed by atoms with Crippen LogP contribution in [-0.2, 0) is 15.9 Å². The summed E-state index contributed by atoms with van der Waals surface area (Å²) in [5.41, 5.74) is 1.36. The van der Waals surface area contributed by atoms with Gasteiger partial charge in [-0.3, -0.25) is 0 Å². The maximum absolute atomic E-state index is 5.79. The Labute approximate surface area is 124 Å². The average molecular weight is 278 g/mol. The predicted molar refractivity (Wildman–Crippen MR) is 85.0 cm³/mol. The Morgan fingerprint density at radius 3 is 2.15 bits per heavy atom. The van der Waals surface area contributed by atoms with Gasteiger partial charge in [-0.25, -0.2) is 0 Å². The molecule has 2 heteroatoms. The van der Waals surface area contributed by atoms with Gasteiger partial charge in [0.15, 0.2) is 0 Å². The summed E-state index contributed by atoms with van der Waals surface area (Å²) in [5.74, 6) is 1.17. The van der Waals surface area contributed by atoms with E-state index in [9.17, 15) is 0 Å². The van der Waals surface area contributed by atoms with E-state index in [4.69, 9.17) is 9.47 Å². The topological polar surface area (TPSA) is 18.5 Å². The van der Waals surface area contributed by atoms with Gasteiger partial charge >= 0.3 is 0 Å². The Bertz CT molecular complexity index is 333. The third-order valence-electron chi connectivity index (χ3n) is 4.27. The van der Waals surface area contributed by atoms with Crippen LogP contribution in [0.3, 0.4) is 0 Å². The van der Waals surface area contributed by atoms with Crippen LogP contribution in [-0.4, -0.2) is 26.9 Å². The molecule has 20 heavy (non-hydrogen) atoms. The largest absolute Gasteiger partial charge is 0.384 e. The lowest BCUT2D eigenvalue weighted by atomic mass is 9.86. The van der Waals surface area contributed by atoms with E-state index in [1.54, 1.807) is 7.11 Å². The number of hydrogen-bond donors (Lipinski definition) is 0. The highest BCUT2D eigenvalue weighted by Crippen LogP contribution is 2.24. The van der Waals surface area contributed by atoms with E-state index in [0.29, 0.717) is 5.92 Å². The van der Waals surface area contributed by atoms with E-state index < -0.39 is 0 Å². The molecule has 1 aromatic carbocycles. The van der Waals surface area contributed by atoms with Crippen LogP contribution in [0.1, 0.15) is 38.7 Å². The van der Waals surface area contributed by atoms with E-state index in [1.807, 2.05) is 7.11 Å². The highest BCUT2D eigenvalue weighted by Gasteiger charge is 2.24. The Kier molecular flexibility index (Phi) is 8.56. The molecule has 0 aliphatic heterocycles. The van der Waals surface area contributed by atoms with Crippen molar-refractivity contribution in [3.63, 3.8) is 0 Å². The summed E-state index contributed by atoms with van der Waals surface area (Å²) in [7, 11) is 3.61. The highest BCUT2D eigenvalue weighted by atomic mass is 16.5. The second-order valence-corrected chi connectivity index (χ2v) is 5.60. The summed E-state index contributed by atoms with van der Waals surface area (Å²) in [6.07, 6.45) is 4.88. The maximum Gasteiger partial charge on any atom is 0.0627 e. The first-order valence-corrected chi connectivity index (χ1v) is 7.80. The third-order valence-corrected chi connectivity index (χ3v) is 4.27. The molecule has 0 aliphatic rings. The van der Waals surface area contributed by atoms with Crippen molar-refractivity contribution < 1.29 is 9.47 Å². The summed E-state index contributed by atoms with van der Waals surface area (Å²) in [5, 5.41) is 0. The molecule has 2 unspecified atom stereocenters. The molecule has 0 bridgehead atoms. The molecule has 0 radical (unpaired) electrons. The molecule has 0 N–H and O–H groups in total. The van der Waals surface area contributed by atoms with Crippen LogP contribution < -0.4 is 0 Å². The van der Waals surface area contributed by atoms with Gasteiger partial charge in [0, 0.05) is 20.1 Å². The summed E-state index contributed by atoms with van der Waals surface area (Å²) < 4.78 is 11.2. The van der Waals surface area contributed by atoms with Crippen molar-refractivity contribution in [3.05, 3.63) is 35.9 Å². The lowest BCUT2D eigenvalue weighted by Gasteiger charge is -2.28. The zero-order valence-electron chi connectivity index (χ0n) is 13.5. The van der Waals surface area contributed by atoms with Gasteiger partial charge in [-0.2, -0.15) is 0 Å². The molecule has 0 spiro atoms. The molecule has 0 saturated heterocycles. The van der Waals surface area contributed by atoms with E-state index in [-0.39, 0.29) is 6.10 Å². The molecule has 0 fully saturated rings. The molecule has 0 amide bonds. The minimum absolute atomic E-state index is 0.278. The van der Waals surface area contributed by atoms with Crippen molar-refractivity contribution in [3.8, 4) is 0 Å². The van der Waals surface area contributed by atoms with Crippen molar-refractivity contribution in [1.29, 1.82) is 0 Å². The van der Waals surface area contributed by atoms with Gasteiger partial charge < -0.3 is 9.47 Å². The number of benzene rings is 1. The van der Waals surface area contributed by atoms with E-state index in [0.717, 1.165) is 25.4 Å². The maximum atomic E-state index is 5.79. The summed E-state index contributed by atoms with van der Waals surface area (Å²) in [6, 6.07) is 10.6. The molecule has 0 heterocycles. The standard InChI is InChI=1S/C18H30O2/c1-5-15(6-2)13-18(20-4)17(14-19-3)12-16-10-8-7-9-11-16/h7-11,15,17-18H,5-6,12-14H2,1-4H3. The first-order valence-electron chi connectivity index (χ1n) is 7.80. The Hall–Kier alpha value is -0.860. The molecule has 2 nitrogen and oxygen atoms in total. The summed E-state index contributed by atoms with van der Waals surface area (Å²) >= 11 is 0. The van der Waals surface area contributed by atoms with Crippen LogP contribution in [0.15, 0.2) is 30.3 Å². The van der Waals surface area contributed by atoms with Crippen molar-refractivity contribution in [2.24, 2.45) is 11.8 Å². The molecule has 1 rings (SSSR count). The Balaban J connectivity index is 2.70. The van der Waals surface area contributed by atoms with Crippen molar-refractivity contribution in [2.75, 3.05) is 20.8 Å². The highest BCUT2D eigenvalue weighted by molar-refractivity contribution is 5.15. The van der Waals surface area contributed by atoms with Gasteiger partial charge in [-0.05, 0) is 24.3 Å². The Morgan fingerprint density at radius 1 is 1.00 bits per heavy atom. The van der Waals surface area contributed by atoms with Crippen molar-refractivity contribution in [1.82, 2.24) is 0 Å². The minimum atomic E-state index is 0.278. The third kappa shape index (κ3) is 5.64. The number of rotatable bonds is 10. The van der Waals surface area contributed by atoms with Crippen LogP contribution in [0.5, 0.6) is 0 Å². The fourth-order valence-corrected chi connectivity index (χ4v) is 2.86. The monoisotopic (exact) mass is 278 g/mol. The van der Waals surface area contributed by atoms with Crippen LogP contribution in [0.25, 0.3) is 0 Å². The van der Waals surface area contributed by atoms with Crippen LogP contribution in [0.2, 0.25) is 0 Å². The van der Waals surface area contributed by atoms with E-state index >= 15 is 0 Å². The number of methoxy groups -OCH3 is 2. The smallest absolute Gasteiger partial charge is 0.0627 e. The van der Waals surface area contributed by atoms with Crippen LogP contribution in [0, 0.1) is 11.8 Å². The molecule has 0 aromatic heterocycles. The molecule has 0 aliphatic carbocycles. The fraction of sp³-hybridized carbons (Fsp3) is 0.667. The van der Waals surface area contributed by atoms with E-state index in [1.165, 1.54) is 18.4 Å². The SMILES string of the molecule is CCC(CC)CC(OC)C(COC)Cc1ccccc1. The lowest BCUT2D eigenvalue weighted by molar-refractivity contribution is -0.000470. The first kappa shape index (κ1) is 17.2. The second-order valence-electron chi connectivity index (χ2n) is 5.60. The number of hydrogen-bond acceptors (Lipinski definition) is 2. The predicted octanol–water partition coefficient (Wildman–Crippen LogP) is 4.33. The summed E-state index contributed by atoms with van der Waals surface area (Å²) in [4.78, 5) is 0. The Morgan fingerprint density at radius 2 is 1.65 bits per heavy atom. The molecule has 0 saturated carbocycles. The van der Waals surface area contributed by atoms with Crippen molar-refractivity contribution in [2.45, 2.75) is 45.6 Å². The molecule has 2 atom stereocenters. The van der Waals surface area contributed by atoms with Gasteiger partial charge in [-0.1, -0.05) is 57.0 Å². The lowest BCUT2D eigenvalue weighted by Crippen LogP contribution is -2.30. The van der Waals surface area contributed by atoms with Gasteiger partial charge in [0.25, 0.3) is 0 Å². The van der Waals surface area contributed by atoms with Crippen molar-refractivity contribution >= 4 is 0 Å². The normalized spacial score (nSPS) is 14.4. The zero-order valence-corrected chi connectivity index (χ0v) is 13.5. The minimum Gasteiger partial charge on any atom is -0.384 e. The molecule has 1 aromatic rings. The van der Waals surface area contributed by atoms with Crippen LogP contribution in [0.4, 0.5) is 0 Å². The second kappa shape index (κ2) is 9.95. The number of ether oxygens (including phenoxy) is 2. The van der Waals surface area contributed by atoms with Gasteiger partial charge in [-0.15, -0.1) is 0 Å². The first-order chi connectivity index (χ1) is 9.74. The van der Waals surface area contributed by atoms with E-state index in [2.05, 4.69) is 44.2 Å². The quantitative estimate of drug-likeness (QED) is 0.634. The van der Waals surface area contributed by atoms with Gasteiger partial charge in [0.05, 0.1) is 12.7 Å². The average Bonchev–Trinajstić information content (AvgIpc) is 2.49. The molecular weight excluding hydrogens is 248 g/mol. The fourth-order valence-electron chi connectivity index (χ4n) is 2.86. The van der Waals surface area contributed by atoms with Gasteiger partial charge in [0.2, 0.25) is 0 Å². The van der Waals surface area contributed by atoms with Gasteiger partial charge in [0.1, 0.15) is 0 Å². The molecule has 114 valence electrons. The summed E-state index contributed by atoms with van der Waals surface area (Å²) in [6.45, 7) is 5.29. The molecular formula is C18H30O2.